The Morgan fingerprint density at radius 2 is 2.24 bits per heavy atom. The second-order valence-electron chi connectivity index (χ2n) is 3.65. The Labute approximate surface area is 99.5 Å². The van der Waals surface area contributed by atoms with Crippen LogP contribution < -0.4 is 10.5 Å². The van der Waals surface area contributed by atoms with Gasteiger partial charge in [0.25, 0.3) is 0 Å². The smallest absolute Gasteiger partial charge is 0.308 e. The van der Waals surface area contributed by atoms with E-state index < -0.39 is 0 Å². The van der Waals surface area contributed by atoms with Crippen LogP contribution >= 0.6 is 0 Å². The molecule has 0 radical (unpaired) electrons. The van der Waals surface area contributed by atoms with Crippen molar-refractivity contribution in [3.63, 3.8) is 0 Å². The zero-order chi connectivity index (χ0) is 12.8. The Morgan fingerprint density at radius 3 is 2.82 bits per heavy atom. The van der Waals surface area contributed by atoms with E-state index in [2.05, 4.69) is 4.74 Å². The van der Waals surface area contributed by atoms with E-state index in [-0.39, 0.29) is 30.9 Å². The molecule has 0 saturated carbocycles. The van der Waals surface area contributed by atoms with Gasteiger partial charge in [-0.15, -0.1) is 0 Å². The van der Waals surface area contributed by atoms with Crippen LogP contribution in [0.3, 0.4) is 0 Å². The molecule has 0 fully saturated rings. The normalized spacial score (nSPS) is 12.0. The molecule has 0 amide bonds. The lowest BCUT2D eigenvalue weighted by atomic mass is 10.1. The molecular weight excluding hydrogens is 225 g/mol. The first-order valence-electron chi connectivity index (χ1n) is 5.29. The van der Waals surface area contributed by atoms with E-state index in [4.69, 9.17) is 10.5 Å². The Bertz CT molecular complexity index is 393. The summed E-state index contributed by atoms with van der Waals surface area (Å²) in [5.41, 5.74) is 6.28. The minimum atomic E-state index is -0.363. The number of carbonyl (C=O) groups excluding carboxylic acids is 1. The molecule has 1 rings (SSSR count). The summed E-state index contributed by atoms with van der Waals surface area (Å²) in [5.74, 6) is -0.225. The van der Waals surface area contributed by atoms with Gasteiger partial charge >= 0.3 is 5.97 Å². The molecule has 0 aromatic heterocycles. The highest BCUT2D eigenvalue weighted by Crippen LogP contribution is 2.24. The van der Waals surface area contributed by atoms with Crippen molar-refractivity contribution in [3.05, 3.63) is 29.6 Å². The van der Waals surface area contributed by atoms with E-state index in [1.54, 1.807) is 6.92 Å². The topological polar surface area (TPSA) is 61.5 Å². The standard InChI is InChI=1S/C12H16FNO3/c1-8(14)10-7-9(13)3-4-11(10)17-6-5-12(15)16-2/h3-4,7-8H,5-6,14H2,1-2H3/t8-/m1/s1. The van der Waals surface area contributed by atoms with Gasteiger partial charge in [0.05, 0.1) is 20.1 Å². The maximum absolute atomic E-state index is 13.0. The number of methoxy groups -OCH3 is 1. The molecule has 1 atom stereocenters. The predicted octanol–water partition coefficient (Wildman–Crippen LogP) is 1.79. The number of carbonyl (C=O) groups is 1. The number of esters is 1. The third kappa shape index (κ3) is 4.03. The minimum absolute atomic E-state index is 0.145. The third-order valence-electron chi connectivity index (χ3n) is 2.25. The first-order valence-corrected chi connectivity index (χ1v) is 5.29. The first kappa shape index (κ1) is 13.4. The maximum Gasteiger partial charge on any atom is 0.308 e. The molecule has 1 aromatic carbocycles. The number of benzene rings is 1. The molecule has 0 spiro atoms. The van der Waals surface area contributed by atoms with E-state index in [0.29, 0.717) is 11.3 Å². The number of hydrogen-bond acceptors (Lipinski definition) is 4. The third-order valence-corrected chi connectivity index (χ3v) is 2.25. The Balaban J connectivity index is 2.67. The van der Waals surface area contributed by atoms with E-state index in [0.717, 1.165) is 0 Å². The van der Waals surface area contributed by atoms with Gasteiger partial charge in [-0.05, 0) is 25.1 Å². The summed E-state index contributed by atoms with van der Waals surface area (Å²) in [6.07, 6.45) is 0.145. The van der Waals surface area contributed by atoms with Crippen LogP contribution in [-0.2, 0) is 9.53 Å². The summed E-state index contributed by atoms with van der Waals surface area (Å²) in [7, 11) is 1.31. The lowest BCUT2D eigenvalue weighted by molar-refractivity contribution is -0.141. The van der Waals surface area contributed by atoms with Crippen LogP contribution in [0.2, 0.25) is 0 Å². The van der Waals surface area contributed by atoms with Crippen molar-refractivity contribution in [2.45, 2.75) is 19.4 Å². The van der Waals surface area contributed by atoms with Gasteiger partial charge in [0.15, 0.2) is 0 Å². The van der Waals surface area contributed by atoms with Gasteiger partial charge in [0.2, 0.25) is 0 Å². The minimum Gasteiger partial charge on any atom is -0.493 e. The van der Waals surface area contributed by atoms with Crippen LogP contribution in [0.1, 0.15) is 24.9 Å². The van der Waals surface area contributed by atoms with Crippen molar-refractivity contribution >= 4 is 5.97 Å². The average Bonchev–Trinajstić information content (AvgIpc) is 2.30. The summed E-state index contributed by atoms with van der Waals surface area (Å²) in [6.45, 7) is 1.92. The number of ether oxygens (including phenoxy) is 2. The van der Waals surface area contributed by atoms with Crippen molar-refractivity contribution in [3.8, 4) is 5.75 Å². The van der Waals surface area contributed by atoms with E-state index in [1.807, 2.05) is 0 Å². The number of halogens is 1. The maximum atomic E-state index is 13.0. The van der Waals surface area contributed by atoms with Crippen LogP contribution in [0.5, 0.6) is 5.75 Å². The molecule has 0 aliphatic heterocycles. The number of hydrogen-bond donors (Lipinski definition) is 1. The van der Waals surface area contributed by atoms with Crippen molar-refractivity contribution in [1.29, 1.82) is 0 Å². The van der Waals surface area contributed by atoms with Gasteiger partial charge in [-0.3, -0.25) is 4.79 Å². The molecule has 0 bridgehead atoms. The van der Waals surface area contributed by atoms with Gasteiger partial charge in [-0.25, -0.2) is 4.39 Å². The van der Waals surface area contributed by atoms with Crippen LogP contribution in [0.15, 0.2) is 18.2 Å². The first-order chi connectivity index (χ1) is 8.04. The molecule has 4 nitrogen and oxygen atoms in total. The lowest BCUT2D eigenvalue weighted by Gasteiger charge is -2.13. The zero-order valence-electron chi connectivity index (χ0n) is 9.90. The Kier molecular flexibility index (Phi) is 4.90. The Morgan fingerprint density at radius 1 is 1.53 bits per heavy atom. The van der Waals surface area contributed by atoms with Gasteiger partial charge in [-0.2, -0.15) is 0 Å². The van der Waals surface area contributed by atoms with E-state index in [1.165, 1.54) is 25.3 Å². The largest absolute Gasteiger partial charge is 0.493 e. The fourth-order valence-corrected chi connectivity index (χ4v) is 1.35. The summed E-state index contributed by atoms with van der Waals surface area (Å²) in [6, 6.07) is 3.79. The second-order valence-corrected chi connectivity index (χ2v) is 3.65. The molecule has 5 heteroatoms. The van der Waals surface area contributed by atoms with Crippen LogP contribution in [0.4, 0.5) is 4.39 Å². The van der Waals surface area contributed by atoms with E-state index >= 15 is 0 Å². The number of rotatable bonds is 5. The summed E-state index contributed by atoms with van der Waals surface area (Å²) in [4.78, 5) is 10.9. The highest BCUT2D eigenvalue weighted by atomic mass is 19.1. The lowest BCUT2D eigenvalue weighted by Crippen LogP contribution is -2.11. The quantitative estimate of drug-likeness (QED) is 0.798. The average molecular weight is 241 g/mol. The van der Waals surface area contributed by atoms with Crippen molar-refractivity contribution in [1.82, 2.24) is 0 Å². The highest BCUT2D eigenvalue weighted by Gasteiger charge is 2.10. The van der Waals surface area contributed by atoms with Crippen molar-refractivity contribution in [2.24, 2.45) is 5.73 Å². The molecule has 1 aromatic rings. The molecule has 0 unspecified atom stereocenters. The Hall–Kier alpha value is -1.62. The zero-order valence-corrected chi connectivity index (χ0v) is 9.90. The summed E-state index contributed by atoms with van der Waals surface area (Å²) >= 11 is 0. The van der Waals surface area contributed by atoms with Crippen LogP contribution in [0.25, 0.3) is 0 Å². The predicted molar refractivity (Wildman–Crippen MR) is 61.1 cm³/mol. The molecule has 17 heavy (non-hydrogen) atoms. The van der Waals surface area contributed by atoms with Gasteiger partial charge in [0, 0.05) is 11.6 Å². The monoisotopic (exact) mass is 241 g/mol. The molecule has 0 heterocycles. The molecule has 94 valence electrons. The molecule has 0 aliphatic carbocycles. The summed E-state index contributed by atoms with van der Waals surface area (Å²) in [5, 5.41) is 0. The van der Waals surface area contributed by atoms with Gasteiger partial charge in [-0.1, -0.05) is 0 Å². The van der Waals surface area contributed by atoms with Crippen molar-refractivity contribution < 1.29 is 18.7 Å². The van der Waals surface area contributed by atoms with Gasteiger partial charge in [0.1, 0.15) is 11.6 Å². The highest BCUT2D eigenvalue weighted by molar-refractivity contribution is 5.69. The van der Waals surface area contributed by atoms with Gasteiger partial charge < -0.3 is 15.2 Å². The van der Waals surface area contributed by atoms with Crippen molar-refractivity contribution in [2.75, 3.05) is 13.7 Å². The fourth-order valence-electron chi connectivity index (χ4n) is 1.35. The summed E-state index contributed by atoms with van der Waals surface area (Å²) < 4.78 is 22.9. The number of nitrogens with two attached hydrogens (primary N) is 1. The second kappa shape index (κ2) is 6.20. The van der Waals surface area contributed by atoms with Crippen LogP contribution in [0, 0.1) is 5.82 Å². The molecule has 0 saturated heterocycles. The molecule has 2 N–H and O–H groups in total. The fraction of sp³-hybridized carbons (Fsp3) is 0.417. The van der Waals surface area contributed by atoms with Crippen LogP contribution in [-0.4, -0.2) is 19.7 Å². The van der Waals surface area contributed by atoms with E-state index in [9.17, 15) is 9.18 Å². The SMILES string of the molecule is COC(=O)CCOc1ccc(F)cc1[C@@H](C)N. The molecular formula is C12H16FNO3. The molecule has 0 aliphatic rings.